The van der Waals surface area contributed by atoms with E-state index in [1.807, 2.05) is 26.8 Å². The maximum absolute atomic E-state index is 12.3. The summed E-state index contributed by atoms with van der Waals surface area (Å²) in [5.74, 6) is -0.893. The van der Waals surface area contributed by atoms with Gasteiger partial charge in [0, 0.05) is 24.5 Å². The van der Waals surface area contributed by atoms with Crippen LogP contribution in [0.5, 0.6) is 0 Å². The fourth-order valence-corrected chi connectivity index (χ4v) is 3.08. The van der Waals surface area contributed by atoms with E-state index in [2.05, 4.69) is 6.08 Å². The molecule has 0 aliphatic heterocycles. The zero-order chi connectivity index (χ0) is 18.3. The Balaban J connectivity index is 3.20. The van der Waals surface area contributed by atoms with Gasteiger partial charge >= 0.3 is 5.97 Å². The molecule has 4 nitrogen and oxygen atoms in total. The third-order valence-corrected chi connectivity index (χ3v) is 4.79. The Labute approximate surface area is 145 Å². The summed E-state index contributed by atoms with van der Waals surface area (Å²) in [6.07, 6.45) is 6.89. The molecule has 0 saturated carbocycles. The van der Waals surface area contributed by atoms with Crippen molar-refractivity contribution in [1.82, 2.24) is 0 Å². The third-order valence-electron chi connectivity index (χ3n) is 4.79. The number of ether oxygens (including phenoxy) is 1. The summed E-state index contributed by atoms with van der Waals surface area (Å²) in [5.41, 5.74) is 2.80. The van der Waals surface area contributed by atoms with Crippen LogP contribution in [-0.2, 0) is 9.53 Å². The Morgan fingerprint density at radius 1 is 1.42 bits per heavy atom. The van der Waals surface area contributed by atoms with Crippen LogP contribution >= 0.6 is 0 Å². The summed E-state index contributed by atoms with van der Waals surface area (Å²) < 4.78 is 5.74. The van der Waals surface area contributed by atoms with Crippen molar-refractivity contribution in [3.63, 3.8) is 0 Å². The summed E-state index contributed by atoms with van der Waals surface area (Å²) in [5, 5.41) is 20.3. The lowest BCUT2D eigenvalue weighted by molar-refractivity contribution is -0.150. The first-order valence-corrected chi connectivity index (χ1v) is 8.75. The van der Waals surface area contributed by atoms with Gasteiger partial charge in [0.05, 0.1) is 6.10 Å². The second-order valence-electron chi connectivity index (χ2n) is 6.95. The molecule has 0 amide bonds. The van der Waals surface area contributed by atoms with Crippen molar-refractivity contribution in [2.45, 2.75) is 66.1 Å². The zero-order valence-corrected chi connectivity index (χ0v) is 15.6. The number of hydrogen-bond donors (Lipinski definition) is 2. The lowest BCUT2D eigenvalue weighted by Gasteiger charge is -2.34. The topological polar surface area (TPSA) is 66.8 Å². The van der Waals surface area contributed by atoms with Gasteiger partial charge in [-0.1, -0.05) is 36.3 Å². The second-order valence-corrected chi connectivity index (χ2v) is 6.95. The minimum absolute atomic E-state index is 0.0615. The van der Waals surface area contributed by atoms with Crippen LogP contribution in [0, 0.1) is 11.8 Å². The highest BCUT2D eigenvalue weighted by Gasteiger charge is 2.35. The molecule has 0 saturated heterocycles. The van der Waals surface area contributed by atoms with Gasteiger partial charge in [-0.05, 0) is 46.5 Å². The van der Waals surface area contributed by atoms with Gasteiger partial charge in [-0.15, -0.1) is 0 Å². The van der Waals surface area contributed by atoms with E-state index in [9.17, 15) is 15.0 Å². The lowest BCUT2D eigenvalue weighted by atomic mass is 9.80. The molecule has 0 aromatic carbocycles. The Morgan fingerprint density at radius 3 is 2.67 bits per heavy atom. The van der Waals surface area contributed by atoms with Gasteiger partial charge in [-0.25, -0.2) is 4.79 Å². The summed E-state index contributed by atoms with van der Waals surface area (Å²) in [6, 6.07) is 0. The van der Waals surface area contributed by atoms with Gasteiger partial charge < -0.3 is 14.9 Å². The van der Waals surface area contributed by atoms with Gasteiger partial charge in [-0.3, -0.25) is 0 Å². The molecule has 0 fully saturated rings. The number of aliphatic hydroxyl groups excluding tert-OH is 2. The number of esters is 1. The minimum atomic E-state index is -0.748. The highest BCUT2D eigenvalue weighted by Crippen LogP contribution is 2.30. The molecule has 2 N–H and O–H groups in total. The molecule has 0 spiro atoms. The normalized spacial score (nSPS) is 27.8. The fraction of sp³-hybridized carbons (Fsp3) is 0.650. The zero-order valence-electron chi connectivity index (χ0n) is 15.6. The van der Waals surface area contributed by atoms with Gasteiger partial charge in [0.15, 0.2) is 0 Å². The van der Waals surface area contributed by atoms with Crippen molar-refractivity contribution in [2.75, 3.05) is 6.61 Å². The maximum Gasteiger partial charge on any atom is 0.333 e. The van der Waals surface area contributed by atoms with Crippen LogP contribution in [0.1, 0.15) is 53.9 Å². The molecule has 4 atom stereocenters. The molecular formula is C20H32O4. The Morgan fingerprint density at radius 2 is 2.08 bits per heavy atom. The number of carbonyl (C=O) groups excluding carboxylic acids is 1. The van der Waals surface area contributed by atoms with Crippen LogP contribution in [0.15, 0.2) is 34.9 Å². The van der Waals surface area contributed by atoms with E-state index in [1.165, 1.54) is 0 Å². The average molecular weight is 336 g/mol. The molecule has 4 heteroatoms. The molecule has 0 radical (unpaired) electrons. The first-order valence-electron chi connectivity index (χ1n) is 8.75. The third kappa shape index (κ3) is 5.91. The van der Waals surface area contributed by atoms with E-state index in [1.54, 1.807) is 19.9 Å². The molecule has 0 heterocycles. The van der Waals surface area contributed by atoms with Gasteiger partial charge in [-0.2, -0.15) is 0 Å². The number of hydrogen-bond acceptors (Lipinski definition) is 4. The standard InChI is InChI=1S/C20H32O4/c1-6-15(4)20(23)24-18-11-14(3)9-7-8-13(2)10-17(22)19(18)16(5)12-21/h6,9-10,16-19,21-22H,7-8,11-12H2,1-5H3. The summed E-state index contributed by atoms with van der Waals surface area (Å²) in [4.78, 5) is 12.3. The van der Waals surface area contributed by atoms with Crippen LogP contribution in [0.2, 0.25) is 0 Å². The number of carbonyl (C=O) groups is 1. The van der Waals surface area contributed by atoms with Crippen LogP contribution in [0.25, 0.3) is 0 Å². The molecular weight excluding hydrogens is 304 g/mol. The predicted molar refractivity (Wildman–Crippen MR) is 96.4 cm³/mol. The monoisotopic (exact) mass is 336 g/mol. The van der Waals surface area contributed by atoms with Gasteiger partial charge in [0.25, 0.3) is 0 Å². The smallest absolute Gasteiger partial charge is 0.333 e. The molecule has 0 aromatic rings. The molecule has 1 aliphatic carbocycles. The van der Waals surface area contributed by atoms with Crippen LogP contribution in [0.3, 0.4) is 0 Å². The number of allylic oxidation sites excluding steroid dienone is 3. The molecule has 24 heavy (non-hydrogen) atoms. The molecule has 4 unspecified atom stereocenters. The van der Waals surface area contributed by atoms with Crippen molar-refractivity contribution in [3.05, 3.63) is 34.9 Å². The van der Waals surface area contributed by atoms with E-state index >= 15 is 0 Å². The van der Waals surface area contributed by atoms with Crippen LogP contribution in [0.4, 0.5) is 0 Å². The first-order chi connectivity index (χ1) is 11.3. The van der Waals surface area contributed by atoms with Crippen molar-refractivity contribution >= 4 is 5.97 Å². The average Bonchev–Trinajstić information content (AvgIpc) is 2.52. The van der Waals surface area contributed by atoms with Gasteiger partial charge in [0.2, 0.25) is 0 Å². The van der Waals surface area contributed by atoms with E-state index < -0.39 is 12.2 Å². The molecule has 1 rings (SSSR count). The fourth-order valence-electron chi connectivity index (χ4n) is 3.08. The molecule has 0 aromatic heterocycles. The van der Waals surface area contributed by atoms with E-state index in [0.29, 0.717) is 12.0 Å². The van der Waals surface area contributed by atoms with E-state index in [4.69, 9.17) is 4.74 Å². The Hall–Kier alpha value is -1.39. The summed E-state index contributed by atoms with van der Waals surface area (Å²) in [7, 11) is 0. The highest BCUT2D eigenvalue weighted by atomic mass is 16.5. The Bertz CT molecular complexity index is 516. The minimum Gasteiger partial charge on any atom is -0.458 e. The quantitative estimate of drug-likeness (QED) is 0.468. The van der Waals surface area contributed by atoms with E-state index in [-0.39, 0.29) is 24.4 Å². The lowest BCUT2D eigenvalue weighted by Crippen LogP contribution is -2.40. The van der Waals surface area contributed by atoms with Crippen molar-refractivity contribution in [3.8, 4) is 0 Å². The summed E-state index contributed by atoms with van der Waals surface area (Å²) >= 11 is 0. The van der Waals surface area contributed by atoms with Crippen LogP contribution in [-0.4, -0.2) is 35.0 Å². The largest absolute Gasteiger partial charge is 0.458 e. The molecule has 136 valence electrons. The number of rotatable bonds is 4. The second kappa shape index (κ2) is 9.80. The predicted octanol–water partition coefficient (Wildman–Crippen LogP) is 3.55. The summed E-state index contributed by atoms with van der Waals surface area (Å²) in [6.45, 7) is 9.36. The maximum atomic E-state index is 12.3. The molecule has 1 aliphatic rings. The highest BCUT2D eigenvalue weighted by molar-refractivity contribution is 5.87. The Kier molecular flexibility index (Phi) is 8.43. The van der Waals surface area contributed by atoms with Crippen molar-refractivity contribution in [1.29, 1.82) is 0 Å². The van der Waals surface area contributed by atoms with Crippen molar-refractivity contribution < 1.29 is 19.7 Å². The van der Waals surface area contributed by atoms with Crippen molar-refractivity contribution in [2.24, 2.45) is 11.8 Å². The first kappa shape index (κ1) is 20.7. The molecule has 0 bridgehead atoms. The van der Waals surface area contributed by atoms with Gasteiger partial charge in [0.1, 0.15) is 6.10 Å². The van der Waals surface area contributed by atoms with E-state index in [0.717, 1.165) is 24.0 Å². The SMILES string of the molecule is CC=C(C)C(=O)OC1CC(C)=CCCC(C)=CC(O)C1C(C)CO. The number of aliphatic hydroxyl groups is 2. The van der Waals surface area contributed by atoms with Crippen LogP contribution < -0.4 is 0 Å².